The van der Waals surface area contributed by atoms with Gasteiger partial charge in [-0.25, -0.2) is 15.0 Å². The van der Waals surface area contributed by atoms with E-state index in [0.29, 0.717) is 17.5 Å². The first-order chi connectivity index (χ1) is 22.8. The van der Waals surface area contributed by atoms with Crippen LogP contribution in [0.4, 0.5) is 0 Å². The Kier molecular flexibility index (Phi) is 6.06. The molecule has 6 aromatic carbocycles. The highest BCUT2D eigenvalue weighted by molar-refractivity contribution is 6.21. The third-order valence-electron chi connectivity index (χ3n) is 8.68. The average molecular weight is 588 g/mol. The molecule has 0 atom stereocenters. The van der Waals surface area contributed by atoms with Crippen molar-refractivity contribution in [1.29, 1.82) is 0 Å². The van der Waals surface area contributed by atoms with Crippen molar-refractivity contribution in [2.75, 3.05) is 0 Å². The number of aromatic nitrogens is 5. The Labute approximate surface area is 264 Å². The van der Waals surface area contributed by atoms with Gasteiger partial charge in [0.05, 0.1) is 0 Å². The summed E-state index contributed by atoms with van der Waals surface area (Å²) in [6.45, 7) is 0. The summed E-state index contributed by atoms with van der Waals surface area (Å²) in [6, 6.07) is 44.7. The molecular formula is C41H25N5. The van der Waals surface area contributed by atoms with Crippen molar-refractivity contribution in [1.82, 2.24) is 24.9 Å². The molecule has 3 heterocycles. The molecule has 0 fully saturated rings. The van der Waals surface area contributed by atoms with Gasteiger partial charge in [-0.2, -0.15) is 0 Å². The first-order valence-electron chi connectivity index (χ1n) is 15.2. The molecule has 9 rings (SSSR count). The molecule has 3 aromatic heterocycles. The molecule has 0 spiro atoms. The zero-order valence-corrected chi connectivity index (χ0v) is 24.7. The Morgan fingerprint density at radius 3 is 1.63 bits per heavy atom. The fourth-order valence-corrected chi connectivity index (χ4v) is 6.58. The molecule has 0 saturated carbocycles. The summed E-state index contributed by atoms with van der Waals surface area (Å²) in [5, 5.41) is 9.31. The summed E-state index contributed by atoms with van der Waals surface area (Å²) in [4.78, 5) is 23.7. The van der Waals surface area contributed by atoms with Gasteiger partial charge in [-0.1, -0.05) is 97.1 Å². The number of hydrogen-bond acceptors (Lipinski definition) is 5. The van der Waals surface area contributed by atoms with Gasteiger partial charge < -0.3 is 0 Å². The quantitative estimate of drug-likeness (QED) is 0.151. The molecule has 46 heavy (non-hydrogen) atoms. The molecule has 0 aliphatic heterocycles. The number of fused-ring (bicyclic) bond motifs is 5. The van der Waals surface area contributed by atoms with Gasteiger partial charge in [0.1, 0.15) is 0 Å². The van der Waals surface area contributed by atoms with E-state index in [1.54, 1.807) is 24.8 Å². The summed E-state index contributed by atoms with van der Waals surface area (Å²) >= 11 is 0. The van der Waals surface area contributed by atoms with Crippen LogP contribution in [-0.4, -0.2) is 24.9 Å². The van der Waals surface area contributed by atoms with E-state index < -0.39 is 0 Å². The van der Waals surface area contributed by atoms with Crippen LogP contribution in [0.15, 0.2) is 152 Å². The standard InChI is InChI=1S/C41H25N5/c1-3-14-30-26(9-1)11-5-16-32(30)33-17-6-18-34-35(33)19-20-36-37(34)23-27-10-2-4-15-31(27)38(36)41-45-39(28-12-7-21-42-24-28)44-40(46-41)29-13-8-22-43-25-29/h1-25H. The molecule has 0 bridgehead atoms. The minimum atomic E-state index is 0.567. The SMILES string of the molecule is c1cncc(-c2nc(-c3cccnc3)nc(-c3c4ccccc4cc4c3ccc3c(-c5cccc6ccccc56)cccc34)n2)c1. The number of pyridine rings is 2. The monoisotopic (exact) mass is 587 g/mol. The van der Waals surface area contributed by atoms with E-state index in [2.05, 4.69) is 113 Å². The van der Waals surface area contributed by atoms with Crippen molar-refractivity contribution >= 4 is 43.1 Å². The molecule has 0 radical (unpaired) electrons. The highest BCUT2D eigenvalue weighted by Crippen LogP contribution is 2.42. The van der Waals surface area contributed by atoms with Crippen LogP contribution in [0.3, 0.4) is 0 Å². The van der Waals surface area contributed by atoms with Crippen LogP contribution in [0.5, 0.6) is 0 Å². The van der Waals surface area contributed by atoms with Crippen molar-refractivity contribution in [2.24, 2.45) is 0 Å². The van der Waals surface area contributed by atoms with E-state index in [9.17, 15) is 0 Å². The Morgan fingerprint density at radius 1 is 0.348 bits per heavy atom. The smallest absolute Gasteiger partial charge is 0.165 e. The van der Waals surface area contributed by atoms with Gasteiger partial charge in [-0.15, -0.1) is 0 Å². The van der Waals surface area contributed by atoms with E-state index in [0.717, 1.165) is 38.2 Å². The van der Waals surface area contributed by atoms with Gasteiger partial charge in [-0.05, 0) is 84.5 Å². The summed E-state index contributed by atoms with van der Waals surface area (Å²) in [7, 11) is 0. The predicted molar refractivity (Wildman–Crippen MR) is 187 cm³/mol. The Hall–Kier alpha value is -6.33. The highest BCUT2D eigenvalue weighted by atomic mass is 15.0. The van der Waals surface area contributed by atoms with Gasteiger partial charge in [-0.3, -0.25) is 9.97 Å². The number of benzene rings is 6. The van der Waals surface area contributed by atoms with Gasteiger partial charge in [0, 0.05) is 41.5 Å². The van der Waals surface area contributed by atoms with Crippen LogP contribution >= 0.6 is 0 Å². The van der Waals surface area contributed by atoms with Crippen LogP contribution in [0.25, 0.3) is 88.4 Å². The maximum absolute atomic E-state index is 5.10. The molecule has 9 aromatic rings. The van der Waals surface area contributed by atoms with Crippen LogP contribution in [-0.2, 0) is 0 Å². The summed E-state index contributed by atoms with van der Waals surface area (Å²) in [5.41, 5.74) is 5.06. The largest absolute Gasteiger partial charge is 0.264 e. The molecule has 214 valence electrons. The van der Waals surface area contributed by atoms with E-state index >= 15 is 0 Å². The Morgan fingerprint density at radius 2 is 0.913 bits per heavy atom. The molecule has 0 unspecified atom stereocenters. The fourth-order valence-electron chi connectivity index (χ4n) is 6.58. The second-order valence-corrected chi connectivity index (χ2v) is 11.4. The van der Waals surface area contributed by atoms with Gasteiger partial charge in [0.2, 0.25) is 0 Å². The van der Waals surface area contributed by atoms with E-state index in [4.69, 9.17) is 15.0 Å². The van der Waals surface area contributed by atoms with E-state index in [1.165, 1.54) is 32.7 Å². The van der Waals surface area contributed by atoms with Crippen LogP contribution < -0.4 is 0 Å². The van der Waals surface area contributed by atoms with Gasteiger partial charge in [0.15, 0.2) is 17.5 Å². The average Bonchev–Trinajstić information content (AvgIpc) is 3.14. The van der Waals surface area contributed by atoms with E-state index in [-0.39, 0.29) is 0 Å². The highest BCUT2D eigenvalue weighted by Gasteiger charge is 2.19. The Balaban J connectivity index is 1.36. The molecule has 0 saturated heterocycles. The molecular weight excluding hydrogens is 562 g/mol. The lowest BCUT2D eigenvalue weighted by Gasteiger charge is -2.16. The molecule has 0 aliphatic rings. The maximum atomic E-state index is 5.10. The number of hydrogen-bond donors (Lipinski definition) is 0. The molecule has 5 nitrogen and oxygen atoms in total. The number of nitrogens with zero attached hydrogens (tertiary/aromatic N) is 5. The van der Waals surface area contributed by atoms with Gasteiger partial charge >= 0.3 is 0 Å². The normalized spacial score (nSPS) is 11.5. The molecule has 5 heteroatoms. The fraction of sp³-hybridized carbons (Fsp3) is 0. The molecule has 0 N–H and O–H groups in total. The zero-order chi connectivity index (χ0) is 30.5. The van der Waals surface area contributed by atoms with Crippen molar-refractivity contribution in [3.8, 4) is 45.3 Å². The summed E-state index contributed by atoms with van der Waals surface area (Å²) < 4.78 is 0. The van der Waals surface area contributed by atoms with Crippen molar-refractivity contribution < 1.29 is 0 Å². The lowest BCUT2D eigenvalue weighted by Crippen LogP contribution is -2.01. The lowest BCUT2D eigenvalue weighted by molar-refractivity contribution is 1.07. The predicted octanol–water partition coefficient (Wildman–Crippen LogP) is 9.94. The van der Waals surface area contributed by atoms with Crippen LogP contribution in [0.1, 0.15) is 0 Å². The third kappa shape index (κ3) is 4.29. The van der Waals surface area contributed by atoms with Crippen molar-refractivity contribution in [3.05, 3.63) is 152 Å². The summed E-state index contributed by atoms with van der Waals surface area (Å²) in [5.74, 6) is 1.74. The summed E-state index contributed by atoms with van der Waals surface area (Å²) in [6.07, 6.45) is 7.08. The Bertz CT molecular complexity index is 2520. The van der Waals surface area contributed by atoms with E-state index in [1.807, 2.05) is 24.3 Å². The van der Waals surface area contributed by atoms with Crippen molar-refractivity contribution in [3.63, 3.8) is 0 Å². The minimum Gasteiger partial charge on any atom is -0.264 e. The number of rotatable bonds is 4. The third-order valence-corrected chi connectivity index (χ3v) is 8.68. The second kappa shape index (κ2) is 10.7. The zero-order valence-electron chi connectivity index (χ0n) is 24.7. The molecule has 0 aliphatic carbocycles. The van der Waals surface area contributed by atoms with Crippen molar-refractivity contribution in [2.45, 2.75) is 0 Å². The lowest BCUT2D eigenvalue weighted by atomic mass is 9.89. The first-order valence-corrected chi connectivity index (χ1v) is 15.2. The minimum absolute atomic E-state index is 0.567. The second-order valence-electron chi connectivity index (χ2n) is 11.4. The van der Waals surface area contributed by atoms with Gasteiger partial charge in [0.25, 0.3) is 0 Å². The first kappa shape index (κ1) is 26.1. The van der Waals surface area contributed by atoms with Crippen LogP contribution in [0, 0.1) is 0 Å². The molecule has 0 amide bonds. The van der Waals surface area contributed by atoms with Crippen LogP contribution in [0.2, 0.25) is 0 Å². The maximum Gasteiger partial charge on any atom is 0.165 e. The topological polar surface area (TPSA) is 64.5 Å².